The molecule has 0 fully saturated rings. The number of aromatic carboxylic acids is 1. The van der Waals surface area contributed by atoms with Crippen molar-refractivity contribution in [1.29, 1.82) is 0 Å². The molecule has 5 nitrogen and oxygen atoms in total. The van der Waals surface area contributed by atoms with Crippen LogP contribution in [-0.2, 0) is 19.4 Å². The molecule has 0 atom stereocenters. The van der Waals surface area contributed by atoms with E-state index in [-0.39, 0.29) is 11.4 Å². The van der Waals surface area contributed by atoms with Crippen LogP contribution in [0.1, 0.15) is 39.2 Å². The molecule has 2 aromatic carbocycles. The number of nitrogens with zero attached hydrogens (tertiary/aromatic N) is 2. The Hall–Kier alpha value is -3.32. The first-order valence-electron chi connectivity index (χ1n) is 10.2. The Morgan fingerprint density at radius 1 is 1.03 bits per heavy atom. The number of nitrogens with one attached hydrogen (secondary N) is 1. The number of hydrogen-bond donors (Lipinski definition) is 2. The Balaban J connectivity index is 1.57. The number of rotatable bonds is 5. The first kappa shape index (κ1) is 19.6. The SMILES string of the molecule is O=C(O)c1ccc(-c2nc(NCc3ccc(F)cc3)c3c4c(sc3n2)CCCC4)cc1. The Bertz CT molecular complexity index is 1270. The molecular weight excluding hydrogens is 413 g/mol. The van der Waals surface area contributed by atoms with E-state index < -0.39 is 5.97 Å². The monoisotopic (exact) mass is 433 g/mol. The molecule has 7 heteroatoms. The van der Waals surface area contributed by atoms with Crippen molar-refractivity contribution in [3.05, 3.63) is 75.9 Å². The van der Waals surface area contributed by atoms with E-state index in [1.165, 1.54) is 29.0 Å². The van der Waals surface area contributed by atoms with Crippen LogP contribution in [0, 0.1) is 5.82 Å². The van der Waals surface area contributed by atoms with Gasteiger partial charge < -0.3 is 10.4 Å². The quantitative estimate of drug-likeness (QED) is 0.423. The highest BCUT2D eigenvalue weighted by molar-refractivity contribution is 7.19. The standard InChI is InChI=1S/C24H20FN3O2S/c25-17-11-5-14(6-12-17)13-26-22-20-18-3-1-2-4-19(18)31-23(20)28-21(27-22)15-7-9-16(10-8-15)24(29)30/h5-12H,1-4,13H2,(H,29,30)(H,26,27,28). The maximum atomic E-state index is 13.2. The molecule has 0 spiro atoms. The van der Waals surface area contributed by atoms with Crippen LogP contribution in [0.2, 0.25) is 0 Å². The summed E-state index contributed by atoms with van der Waals surface area (Å²) in [6, 6.07) is 13.0. The van der Waals surface area contributed by atoms with E-state index in [2.05, 4.69) is 5.32 Å². The number of halogens is 1. The summed E-state index contributed by atoms with van der Waals surface area (Å²) >= 11 is 1.72. The van der Waals surface area contributed by atoms with Gasteiger partial charge in [0.25, 0.3) is 0 Å². The molecule has 156 valence electrons. The third-order valence-corrected chi connectivity index (χ3v) is 6.76. The summed E-state index contributed by atoms with van der Waals surface area (Å²) in [4.78, 5) is 23.1. The number of fused-ring (bicyclic) bond motifs is 3. The average Bonchev–Trinajstić information content (AvgIpc) is 3.17. The minimum atomic E-state index is -0.962. The Labute approximate surface area is 182 Å². The van der Waals surface area contributed by atoms with Crippen molar-refractivity contribution in [2.45, 2.75) is 32.2 Å². The summed E-state index contributed by atoms with van der Waals surface area (Å²) in [5.41, 5.74) is 3.29. The third kappa shape index (κ3) is 3.88. The smallest absolute Gasteiger partial charge is 0.335 e. The van der Waals surface area contributed by atoms with E-state index in [1.807, 2.05) is 0 Å². The fraction of sp³-hybridized carbons (Fsp3) is 0.208. The number of aromatic nitrogens is 2. The number of thiophene rings is 1. The molecule has 1 aliphatic carbocycles. The molecule has 0 saturated carbocycles. The summed E-state index contributed by atoms with van der Waals surface area (Å²) in [5, 5.41) is 13.7. The van der Waals surface area contributed by atoms with Crippen LogP contribution < -0.4 is 5.32 Å². The summed E-state index contributed by atoms with van der Waals surface area (Å²) in [6.45, 7) is 0.522. The van der Waals surface area contributed by atoms with Gasteiger partial charge in [0.15, 0.2) is 5.82 Å². The van der Waals surface area contributed by atoms with Crippen molar-refractivity contribution in [3.8, 4) is 11.4 Å². The maximum Gasteiger partial charge on any atom is 0.335 e. The molecule has 0 saturated heterocycles. The molecule has 0 bridgehead atoms. The van der Waals surface area contributed by atoms with E-state index >= 15 is 0 Å². The lowest BCUT2D eigenvalue weighted by Crippen LogP contribution is -2.06. The van der Waals surface area contributed by atoms with Crippen molar-refractivity contribution >= 4 is 33.3 Å². The molecule has 31 heavy (non-hydrogen) atoms. The van der Waals surface area contributed by atoms with E-state index in [0.29, 0.717) is 12.4 Å². The number of carbonyl (C=O) groups is 1. The van der Waals surface area contributed by atoms with Gasteiger partial charge in [-0.15, -0.1) is 11.3 Å². The lowest BCUT2D eigenvalue weighted by molar-refractivity contribution is 0.0697. The first-order chi connectivity index (χ1) is 15.1. The van der Waals surface area contributed by atoms with Crippen molar-refractivity contribution in [2.75, 3.05) is 5.32 Å². The third-order valence-electron chi connectivity index (χ3n) is 5.58. The Morgan fingerprint density at radius 2 is 1.77 bits per heavy atom. The Kier molecular flexibility index (Phi) is 5.11. The summed E-state index contributed by atoms with van der Waals surface area (Å²) in [6.07, 6.45) is 4.44. The van der Waals surface area contributed by atoms with Crippen LogP contribution in [0.15, 0.2) is 48.5 Å². The fourth-order valence-electron chi connectivity index (χ4n) is 3.96. The Morgan fingerprint density at radius 3 is 2.52 bits per heavy atom. The van der Waals surface area contributed by atoms with Crippen molar-refractivity contribution < 1.29 is 14.3 Å². The zero-order valence-electron chi connectivity index (χ0n) is 16.7. The highest BCUT2D eigenvalue weighted by Gasteiger charge is 2.21. The number of aryl methyl sites for hydroxylation is 2. The fourth-order valence-corrected chi connectivity index (χ4v) is 5.23. The normalized spacial score (nSPS) is 13.2. The topological polar surface area (TPSA) is 75.1 Å². The number of hydrogen-bond acceptors (Lipinski definition) is 5. The summed E-state index contributed by atoms with van der Waals surface area (Å²) in [7, 11) is 0. The van der Waals surface area contributed by atoms with Gasteiger partial charge in [-0.3, -0.25) is 0 Å². The van der Waals surface area contributed by atoms with Gasteiger partial charge in [0.1, 0.15) is 16.5 Å². The molecule has 2 heterocycles. The summed E-state index contributed by atoms with van der Waals surface area (Å²) in [5.74, 6) is 0.110. The number of carboxylic acids is 1. The second-order valence-corrected chi connectivity index (χ2v) is 8.73. The van der Waals surface area contributed by atoms with Gasteiger partial charge in [-0.1, -0.05) is 24.3 Å². The minimum absolute atomic E-state index is 0.228. The van der Waals surface area contributed by atoms with Gasteiger partial charge in [0.2, 0.25) is 0 Å². The lowest BCUT2D eigenvalue weighted by Gasteiger charge is -2.13. The second-order valence-electron chi connectivity index (χ2n) is 7.65. The summed E-state index contributed by atoms with van der Waals surface area (Å²) < 4.78 is 13.2. The van der Waals surface area contributed by atoms with Crippen LogP contribution >= 0.6 is 11.3 Å². The first-order valence-corrected chi connectivity index (χ1v) is 11.0. The van der Waals surface area contributed by atoms with Gasteiger partial charge in [0, 0.05) is 17.0 Å². The number of carboxylic acid groups (broad SMARTS) is 1. The predicted octanol–water partition coefficient (Wildman–Crippen LogP) is 5.69. The molecule has 0 aliphatic heterocycles. The molecule has 1 aliphatic rings. The predicted molar refractivity (Wildman–Crippen MR) is 120 cm³/mol. The van der Waals surface area contributed by atoms with Gasteiger partial charge >= 0.3 is 5.97 Å². The van der Waals surface area contributed by atoms with Gasteiger partial charge in [-0.2, -0.15) is 0 Å². The van der Waals surface area contributed by atoms with E-state index in [9.17, 15) is 9.18 Å². The molecule has 0 amide bonds. The lowest BCUT2D eigenvalue weighted by atomic mass is 9.97. The van der Waals surface area contributed by atoms with Crippen LogP contribution in [0.5, 0.6) is 0 Å². The van der Waals surface area contributed by atoms with Crippen molar-refractivity contribution in [2.24, 2.45) is 0 Å². The number of anilines is 1. The van der Waals surface area contributed by atoms with Gasteiger partial charge in [-0.05, 0) is 61.1 Å². The molecule has 0 unspecified atom stereocenters. The van der Waals surface area contributed by atoms with E-state index in [0.717, 1.165) is 46.4 Å². The van der Waals surface area contributed by atoms with Crippen molar-refractivity contribution in [1.82, 2.24) is 9.97 Å². The zero-order valence-corrected chi connectivity index (χ0v) is 17.5. The number of benzene rings is 2. The molecule has 2 aromatic heterocycles. The van der Waals surface area contributed by atoms with E-state index in [4.69, 9.17) is 15.1 Å². The van der Waals surface area contributed by atoms with E-state index in [1.54, 1.807) is 47.7 Å². The van der Waals surface area contributed by atoms with Crippen LogP contribution in [-0.4, -0.2) is 21.0 Å². The van der Waals surface area contributed by atoms with Crippen LogP contribution in [0.3, 0.4) is 0 Å². The molecular formula is C24H20FN3O2S. The van der Waals surface area contributed by atoms with Gasteiger partial charge in [0.05, 0.1) is 10.9 Å². The molecule has 2 N–H and O–H groups in total. The maximum absolute atomic E-state index is 13.2. The molecule has 4 aromatic rings. The van der Waals surface area contributed by atoms with Crippen LogP contribution in [0.4, 0.5) is 10.2 Å². The van der Waals surface area contributed by atoms with Crippen molar-refractivity contribution in [3.63, 3.8) is 0 Å². The highest BCUT2D eigenvalue weighted by Crippen LogP contribution is 2.39. The van der Waals surface area contributed by atoms with Crippen LogP contribution in [0.25, 0.3) is 21.6 Å². The average molecular weight is 434 g/mol. The molecule has 5 rings (SSSR count). The zero-order chi connectivity index (χ0) is 21.4. The van der Waals surface area contributed by atoms with Gasteiger partial charge in [-0.25, -0.2) is 19.2 Å². The largest absolute Gasteiger partial charge is 0.478 e. The highest BCUT2D eigenvalue weighted by atomic mass is 32.1. The second kappa shape index (κ2) is 8.07. The molecule has 0 radical (unpaired) electrons. The minimum Gasteiger partial charge on any atom is -0.478 e.